The molecule has 3 aliphatic rings. The van der Waals surface area contributed by atoms with Crippen molar-refractivity contribution in [1.82, 2.24) is 19.9 Å². The first kappa shape index (κ1) is 31.8. The predicted octanol–water partition coefficient (Wildman–Crippen LogP) is 3.27. The summed E-state index contributed by atoms with van der Waals surface area (Å²) >= 11 is 1.56. The summed E-state index contributed by atoms with van der Waals surface area (Å²) in [6, 6.07) is 14.6. The van der Waals surface area contributed by atoms with Crippen molar-refractivity contribution in [2.24, 2.45) is 11.8 Å². The van der Waals surface area contributed by atoms with Crippen molar-refractivity contribution in [3.63, 3.8) is 0 Å². The van der Waals surface area contributed by atoms with Gasteiger partial charge in [0.1, 0.15) is 5.82 Å². The van der Waals surface area contributed by atoms with Gasteiger partial charge in [0.2, 0.25) is 11.8 Å². The molecule has 2 aromatic heterocycles. The van der Waals surface area contributed by atoms with Crippen molar-refractivity contribution < 1.29 is 19.1 Å². The minimum absolute atomic E-state index is 0.00551. The number of rotatable bonds is 9. The third-order valence-corrected chi connectivity index (χ3v) is 10.6. The third-order valence-electron chi connectivity index (χ3n) is 9.66. The topological polar surface area (TPSA) is 148 Å². The van der Waals surface area contributed by atoms with Gasteiger partial charge in [-0.2, -0.15) is 11.8 Å². The number of aromatic nitrogens is 3. The van der Waals surface area contributed by atoms with Crippen LogP contribution in [0.3, 0.4) is 0 Å². The summed E-state index contributed by atoms with van der Waals surface area (Å²) in [4.78, 5) is 61.3. The summed E-state index contributed by atoms with van der Waals surface area (Å²) in [5, 5.41) is 6.47. The second kappa shape index (κ2) is 13.0. The normalized spacial score (nSPS) is 20.7. The molecule has 7 rings (SSSR count). The summed E-state index contributed by atoms with van der Waals surface area (Å²) < 4.78 is 12.6. The predicted molar refractivity (Wildman–Crippen MR) is 185 cm³/mol. The van der Waals surface area contributed by atoms with E-state index in [2.05, 4.69) is 31.6 Å². The van der Waals surface area contributed by atoms with E-state index in [0.29, 0.717) is 70.8 Å². The highest BCUT2D eigenvalue weighted by Crippen LogP contribution is 2.48. The number of benzene rings is 2. The molecule has 4 aromatic rings. The molecule has 0 spiro atoms. The van der Waals surface area contributed by atoms with Gasteiger partial charge in [-0.3, -0.25) is 19.2 Å². The molecule has 5 heterocycles. The van der Waals surface area contributed by atoms with Crippen LogP contribution in [0.5, 0.6) is 11.5 Å². The highest BCUT2D eigenvalue weighted by atomic mass is 32.2. The smallest absolute Gasteiger partial charge is 0.258 e. The van der Waals surface area contributed by atoms with E-state index >= 15 is 0 Å². The number of piperidine rings is 1. The quantitative estimate of drug-likeness (QED) is 0.228. The number of ether oxygens (including phenoxy) is 2. The molecule has 13 heteroatoms. The Labute approximate surface area is 281 Å². The molecule has 2 aromatic carbocycles. The Bertz CT molecular complexity index is 2030. The largest absolute Gasteiger partial charge is 0.493 e. The summed E-state index contributed by atoms with van der Waals surface area (Å²) in [6.07, 6.45) is 1.46. The molecule has 4 atom stereocenters. The van der Waals surface area contributed by atoms with E-state index in [9.17, 15) is 19.2 Å². The molecule has 0 radical (unpaired) electrons. The molecule has 1 saturated heterocycles. The molecule has 48 heavy (non-hydrogen) atoms. The van der Waals surface area contributed by atoms with Crippen LogP contribution in [-0.2, 0) is 28.3 Å². The molecule has 3 N–H and O–H groups in total. The van der Waals surface area contributed by atoms with Gasteiger partial charge in [0.15, 0.2) is 11.5 Å². The Balaban J connectivity index is 1.08. The van der Waals surface area contributed by atoms with Crippen molar-refractivity contribution in [1.29, 1.82) is 0 Å². The highest BCUT2D eigenvalue weighted by molar-refractivity contribution is 7.98. The molecule has 2 amide bonds. The third kappa shape index (κ3) is 5.91. The van der Waals surface area contributed by atoms with Crippen molar-refractivity contribution in [2.75, 3.05) is 43.3 Å². The lowest BCUT2D eigenvalue weighted by atomic mass is 9.69. The first-order chi connectivity index (χ1) is 23.2. The maximum atomic E-state index is 14.0. The number of fused-ring (bicyclic) bond motifs is 9. The number of nitrogens with zero attached hydrogens (tertiary/aromatic N) is 3. The van der Waals surface area contributed by atoms with E-state index in [1.165, 1.54) is 21.1 Å². The fraction of sp³-hybridized carbons (Fsp3) is 0.400. The van der Waals surface area contributed by atoms with Crippen molar-refractivity contribution in [3.05, 3.63) is 86.3 Å². The Hall–Kier alpha value is -4.78. The van der Waals surface area contributed by atoms with Crippen LogP contribution in [0.15, 0.2) is 58.1 Å². The number of methoxy groups -OCH3 is 2. The highest BCUT2D eigenvalue weighted by Gasteiger charge is 2.49. The van der Waals surface area contributed by atoms with Gasteiger partial charge in [0, 0.05) is 73.5 Å². The Kier molecular flexibility index (Phi) is 8.63. The van der Waals surface area contributed by atoms with E-state index in [-0.39, 0.29) is 40.8 Å². The standard InChI is InChI=1S/C35H38N6O6S/c1-19(42)37-22-7-8-27-21(12-22)13-25(33-24-11-20(17-41(27)33)16-40-28(24)5-4-6-32(40)43)34(44)36-9-10-48-18-31-38-26-15-30(47-3)29(46-2)14-23(26)35(45)39-31/h4-8,12,14-15,20,24-25,33H,9-11,13,16-18H2,1-3H3,(H,36,44)(H,37,42)(H,38,39,45)/t20-,24+,25+,33+/m0/s1. The average Bonchev–Trinajstić information content (AvgIpc) is 3.07. The lowest BCUT2D eigenvalue weighted by molar-refractivity contribution is -0.126. The van der Waals surface area contributed by atoms with E-state index in [4.69, 9.17) is 9.47 Å². The van der Waals surface area contributed by atoms with Crippen LogP contribution in [0.1, 0.15) is 36.3 Å². The lowest BCUT2D eigenvalue weighted by Crippen LogP contribution is -2.60. The van der Waals surface area contributed by atoms with E-state index in [1.54, 1.807) is 30.0 Å². The molecule has 2 bridgehead atoms. The fourth-order valence-electron chi connectivity index (χ4n) is 7.73. The monoisotopic (exact) mass is 670 g/mol. The Morgan fingerprint density at radius 3 is 2.67 bits per heavy atom. The summed E-state index contributed by atoms with van der Waals surface area (Å²) in [6.45, 7) is 3.35. The number of aromatic amines is 1. The number of anilines is 2. The van der Waals surface area contributed by atoms with Crippen molar-refractivity contribution in [3.8, 4) is 11.5 Å². The molecular weight excluding hydrogens is 632 g/mol. The van der Waals surface area contributed by atoms with E-state index < -0.39 is 0 Å². The van der Waals surface area contributed by atoms with Gasteiger partial charge in [-0.05, 0) is 54.7 Å². The summed E-state index contributed by atoms with van der Waals surface area (Å²) in [7, 11) is 3.05. The van der Waals surface area contributed by atoms with Crippen molar-refractivity contribution >= 4 is 45.9 Å². The minimum Gasteiger partial charge on any atom is -0.493 e. The zero-order chi connectivity index (χ0) is 33.5. The van der Waals surface area contributed by atoms with Crippen LogP contribution < -0.4 is 36.1 Å². The Morgan fingerprint density at radius 1 is 1.06 bits per heavy atom. The van der Waals surface area contributed by atoms with E-state index in [1.807, 2.05) is 28.8 Å². The van der Waals surface area contributed by atoms with Crippen LogP contribution in [0.2, 0.25) is 0 Å². The molecule has 250 valence electrons. The minimum atomic E-state index is -0.353. The zero-order valence-electron chi connectivity index (χ0n) is 27.1. The number of nitrogens with one attached hydrogen (secondary N) is 3. The number of hydrogen-bond donors (Lipinski definition) is 3. The fourth-order valence-corrected chi connectivity index (χ4v) is 8.45. The van der Waals surface area contributed by atoms with Gasteiger partial charge in [-0.25, -0.2) is 4.98 Å². The molecule has 12 nitrogen and oxygen atoms in total. The van der Waals surface area contributed by atoms with Gasteiger partial charge >= 0.3 is 0 Å². The number of hydrogen-bond acceptors (Lipinski definition) is 9. The van der Waals surface area contributed by atoms with Crippen LogP contribution in [0, 0.1) is 11.8 Å². The molecule has 0 unspecified atom stereocenters. The number of H-pyrrole nitrogens is 1. The number of amides is 2. The van der Waals surface area contributed by atoms with Gasteiger partial charge in [-0.15, -0.1) is 0 Å². The maximum absolute atomic E-state index is 14.0. The van der Waals surface area contributed by atoms with Gasteiger partial charge in [-0.1, -0.05) is 6.07 Å². The zero-order valence-corrected chi connectivity index (χ0v) is 27.9. The van der Waals surface area contributed by atoms with Gasteiger partial charge in [0.05, 0.1) is 36.8 Å². The van der Waals surface area contributed by atoms with Crippen LogP contribution >= 0.6 is 11.8 Å². The maximum Gasteiger partial charge on any atom is 0.258 e. The number of carbonyl (C=O) groups excluding carboxylic acids is 2. The van der Waals surface area contributed by atoms with E-state index in [0.717, 1.165) is 29.9 Å². The number of thioether (sulfide) groups is 1. The molecule has 0 saturated carbocycles. The molecular formula is C35H38N6O6S. The molecule has 3 aliphatic heterocycles. The lowest BCUT2D eigenvalue weighted by Gasteiger charge is -2.54. The first-order valence-electron chi connectivity index (χ1n) is 16.1. The van der Waals surface area contributed by atoms with Crippen LogP contribution in [-0.4, -0.2) is 65.5 Å². The van der Waals surface area contributed by atoms with Gasteiger partial charge in [0.25, 0.3) is 11.1 Å². The summed E-state index contributed by atoms with van der Waals surface area (Å²) in [5.41, 5.74) is 4.09. The Morgan fingerprint density at radius 2 is 1.88 bits per heavy atom. The number of pyridine rings is 1. The van der Waals surface area contributed by atoms with Crippen LogP contribution in [0.25, 0.3) is 10.9 Å². The first-order valence-corrected chi connectivity index (χ1v) is 17.3. The molecule has 1 fully saturated rings. The molecule has 0 aliphatic carbocycles. The number of carbonyl (C=O) groups is 2. The SMILES string of the molecule is COc1cc2nc(CSCCNC(=O)[C@@H]3Cc4cc(NC(C)=O)ccc4N4C[C@H]5C[C@H](c6cccc(=O)n6C5)[C@H]34)[nH]c(=O)c2cc1OC. The second-order valence-electron chi connectivity index (χ2n) is 12.7. The second-order valence-corrected chi connectivity index (χ2v) is 13.8. The summed E-state index contributed by atoms with van der Waals surface area (Å²) in [5.74, 6) is 2.37. The van der Waals surface area contributed by atoms with Crippen LogP contribution in [0.4, 0.5) is 11.4 Å². The average molecular weight is 671 g/mol. The van der Waals surface area contributed by atoms with Crippen molar-refractivity contribution in [2.45, 2.75) is 44.0 Å². The van der Waals surface area contributed by atoms with Gasteiger partial charge < -0.3 is 34.6 Å².